The molecule has 2 aromatic carbocycles. The largest absolute Gasteiger partial charge is 0.493 e. The molecule has 1 aliphatic heterocycles. The van der Waals surface area contributed by atoms with E-state index in [0.29, 0.717) is 55.5 Å². The van der Waals surface area contributed by atoms with Crippen LogP contribution in [-0.4, -0.2) is 57.2 Å². The first kappa shape index (κ1) is 19.7. The van der Waals surface area contributed by atoms with Crippen LogP contribution in [0.2, 0.25) is 0 Å². The van der Waals surface area contributed by atoms with E-state index in [1.54, 1.807) is 37.4 Å². The zero-order valence-corrected chi connectivity index (χ0v) is 16.1. The summed E-state index contributed by atoms with van der Waals surface area (Å²) < 4.78 is 15.7. The van der Waals surface area contributed by atoms with Gasteiger partial charge in [-0.15, -0.1) is 0 Å². The first-order chi connectivity index (χ1) is 13.6. The predicted molar refractivity (Wildman–Crippen MR) is 105 cm³/mol. The van der Waals surface area contributed by atoms with Gasteiger partial charge in [-0.25, -0.2) is 0 Å². The van der Waals surface area contributed by atoms with Crippen molar-refractivity contribution >= 4 is 17.5 Å². The van der Waals surface area contributed by atoms with Gasteiger partial charge < -0.3 is 24.4 Å². The van der Waals surface area contributed by atoms with Crippen molar-refractivity contribution in [3.8, 4) is 11.5 Å². The molecule has 7 nitrogen and oxygen atoms in total. The number of carbonyl (C=O) groups excluding carboxylic acids is 2. The highest BCUT2D eigenvalue weighted by atomic mass is 16.5. The molecule has 1 aliphatic rings. The van der Waals surface area contributed by atoms with Crippen LogP contribution >= 0.6 is 0 Å². The number of anilines is 1. The predicted octanol–water partition coefficient (Wildman–Crippen LogP) is 2.36. The standard InChI is InChI=1S/C21H24N2O5/c1-26-18-8-5-16(14-19(18)27-2)21(25)22-17-6-3-15(4-7-17)13-20(24)23-9-11-28-12-10-23/h3-8,14H,9-13H2,1-2H3,(H,22,25). The molecule has 2 amide bonds. The maximum Gasteiger partial charge on any atom is 0.255 e. The summed E-state index contributed by atoms with van der Waals surface area (Å²) >= 11 is 0. The van der Waals surface area contributed by atoms with E-state index in [4.69, 9.17) is 14.2 Å². The lowest BCUT2D eigenvalue weighted by Crippen LogP contribution is -2.41. The SMILES string of the molecule is COc1ccc(C(=O)Nc2ccc(CC(=O)N3CCOCC3)cc2)cc1OC. The van der Waals surface area contributed by atoms with Gasteiger partial charge >= 0.3 is 0 Å². The summed E-state index contributed by atoms with van der Waals surface area (Å²) in [7, 11) is 3.07. The van der Waals surface area contributed by atoms with Crippen LogP contribution in [0.25, 0.3) is 0 Å². The summed E-state index contributed by atoms with van der Waals surface area (Å²) in [5.74, 6) is 0.893. The summed E-state index contributed by atoms with van der Waals surface area (Å²) in [6, 6.07) is 12.3. The number of rotatable bonds is 6. The van der Waals surface area contributed by atoms with Gasteiger partial charge in [0.25, 0.3) is 5.91 Å². The van der Waals surface area contributed by atoms with E-state index in [-0.39, 0.29) is 11.8 Å². The minimum atomic E-state index is -0.252. The monoisotopic (exact) mass is 384 g/mol. The number of carbonyl (C=O) groups is 2. The molecule has 1 fully saturated rings. The van der Waals surface area contributed by atoms with Crippen molar-refractivity contribution in [2.45, 2.75) is 6.42 Å². The van der Waals surface area contributed by atoms with Gasteiger partial charge in [0.1, 0.15) is 0 Å². The zero-order chi connectivity index (χ0) is 19.9. The Balaban J connectivity index is 1.60. The van der Waals surface area contributed by atoms with Crippen molar-refractivity contribution in [1.29, 1.82) is 0 Å². The number of amides is 2. The van der Waals surface area contributed by atoms with E-state index in [1.807, 2.05) is 17.0 Å². The lowest BCUT2D eigenvalue weighted by atomic mass is 10.1. The molecule has 1 saturated heterocycles. The third-order valence-electron chi connectivity index (χ3n) is 4.58. The van der Waals surface area contributed by atoms with Gasteiger partial charge in [-0.2, -0.15) is 0 Å². The first-order valence-corrected chi connectivity index (χ1v) is 9.08. The fraction of sp³-hybridized carbons (Fsp3) is 0.333. The minimum Gasteiger partial charge on any atom is -0.493 e. The van der Waals surface area contributed by atoms with Crippen LogP contribution in [0, 0.1) is 0 Å². The molecule has 0 bridgehead atoms. The van der Waals surface area contributed by atoms with E-state index in [2.05, 4.69) is 5.32 Å². The number of benzene rings is 2. The van der Waals surface area contributed by atoms with E-state index < -0.39 is 0 Å². The molecule has 1 N–H and O–H groups in total. The Labute approximate surface area is 164 Å². The van der Waals surface area contributed by atoms with Gasteiger partial charge in [0.2, 0.25) is 5.91 Å². The Hall–Kier alpha value is -3.06. The molecular formula is C21H24N2O5. The van der Waals surface area contributed by atoms with Gasteiger partial charge in [-0.3, -0.25) is 9.59 Å². The number of ether oxygens (including phenoxy) is 3. The van der Waals surface area contributed by atoms with Crippen molar-refractivity contribution in [2.24, 2.45) is 0 Å². The number of hydrogen-bond acceptors (Lipinski definition) is 5. The molecule has 0 aliphatic carbocycles. The third kappa shape index (κ3) is 4.80. The normalized spacial score (nSPS) is 13.7. The van der Waals surface area contributed by atoms with Crippen LogP contribution in [0.15, 0.2) is 42.5 Å². The molecule has 1 heterocycles. The molecule has 0 unspecified atom stereocenters. The molecule has 3 rings (SSSR count). The van der Waals surface area contributed by atoms with Gasteiger partial charge in [-0.1, -0.05) is 12.1 Å². The van der Waals surface area contributed by atoms with Crippen molar-refractivity contribution in [3.63, 3.8) is 0 Å². The molecule has 7 heteroatoms. The van der Waals surface area contributed by atoms with Gasteiger partial charge in [0.05, 0.1) is 33.9 Å². The smallest absolute Gasteiger partial charge is 0.255 e. The third-order valence-corrected chi connectivity index (χ3v) is 4.58. The molecule has 2 aromatic rings. The number of nitrogens with zero attached hydrogens (tertiary/aromatic N) is 1. The summed E-state index contributed by atoms with van der Waals surface area (Å²) in [6.45, 7) is 2.45. The maximum absolute atomic E-state index is 12.5. The second kappa shape index (κ2) is 9.23. The van der Waals surface area contributed by atoms with Crippen LogP contribution in [0.4, 0.5) is 5.69 Å². The number of morpholine rings is 1. The maximum atomic E-state index is 12.5. The van der Waals surface area contributed by atoms with E-state index >= 15 is 0 Å². The fourth-order valence-electron chi connectivity index (χ4n) is 2.99. The topological polar surface area (TPSA) is 77.1 Å². The molecule has 0 saturated carbocycles. The second-order valence-corrected chi connectivity index (χ2v) is 6.39. The molecular weight excluding hydrogens is 360 g/mol. The Morgan fingerprint density at radius 3 is 2.32 bits per heavy atom. The van der Waals surface area contributed by atoms with Crippen LogP contribution in [0.5, 0.6) is 11.5 Å². The average molecular weight is 384 g/mol. The molecule has 148 valence electrons. The van der Waals surface area contributed by atoms with E-state index in [9.17, 15) is 9.59 Å². The molecule has 0 atom stereocenters. The second-order valence-electron chi connectivity index (χ2n) is 6.39. The lowest BCUT2D eigenvalue weighted by Gasteiger charge is -2.26. The highest BCUT2D eigenvalue weighted by Gasteiger charge is 2.17. The fourth-order valence-corrected chi connectivity index (χ4v) is 2.99. The van der Waals surface area contributed by atoms with Gasteiger partial charge in [0.15, 0.2) is 11.5 Å². The summed E-state index contributed by atoms with van der Waals surface area (Å²) in [5.41, 5.74) is 2.02. The van der Waals surface area contributed by atoms with Crippen molar-refractivity contribution < 1.29 is 23.8 Å². The van der Waals surface area contributed by atoms with Crippen molar-refractivity contribution in [3.05, 3.63) is 53.6 Å². The van der Waals surface area contributed by atoms with Gasteiger partial charge in [-0.05, 0) is 35.9 Å². The van der Waals surface area contributed by atoms with Crippen LogP contribution in [0.3, 0.4) is 0 Å². The van der Waals surface area contributed by atoms with E-state index in [1.165, 1.54) is 7.11 Å². The number of nitrogens with one attached hydrogen (secondary N) is 1. The molecule has 28 heavy (non-hydrogen) atoms. The zero-order valence-electron chi connectivity index (χ0n) is 16.1. The minimum absolute atomic E-state index is 0.0883. The van der Waals surface area contributed by atoms with Crippen molar-refractivity contribution in [2.75, 3.05) is 45.8 Å². The molecule has 0 spiro atoms. The highest BCUT2D eigenvalue weighted by molar-refractivity contribution is 6.04. The Morgan fingerprint density at radius 1 is 1.00 bits per heavy atom. The highest BCUT2D eigenvalue weighted by Crippen LogP contribution is 2.27. The Bertz CT molecular complexity index is 829. The Morgan fingerprint density at radius 2 is 1.68 bits per heavy atom. The number of methoxy groups -OCH3 is 2. The first-order valence-electron chi connectivity index (χ1n) is 9.08. The molecule has 0 aromatic heterocycles. The average Bonchev–Trinajstić information content (AvgIpc) is 2.75. The van der Waals surface area contributed by atoms with Gasteiger partial charge in [0, 0.05) is 24.3 Å². The molecule has 0 radical (unpaired) electrons. The quantitative estimate of drug-likeness (QED) is 0.827. The summed E-state index contributed by atoms with van der Waals surface area (Å²) in [6.07, 6.45) is 0.337. The van der Waals surface area contributed by atoms with Crippen LogP contribution in [-0.2, 0) is 16.0 Å². The lowest BCUT2D eigenvalue weighted by molar-refractivity contribution is -0.134. The summed E-state index contributed by atoms with van der Waals surface area (Å²) in [5, 5.41) is 2.84. The Kier molecular flexibility index (Phi) is 6.49. The number of hydrogen-bond donors (Lipinski definition) is 1. The van der Waals surface area contributed by atoms with E-state index in [0.717, 1.165) is 5.56 Å². The van der Waals surface area contributed by atoms with Crippen LogP contribution in [0.1, 0.15) is 15.9 Å². The van der Waals surface area contributed by atoms with Crippen molar-refractivity contribution in [1.82, 2.24) is 4.90 Å². The van der Waals surface area contributed by atoms with Crippen LogP contribution < -0.4 is 14.8 Å². The summed E-state index contributed by atoms with van der Waals surface area (Å²) in [4.78, 5) is 26.6.